The largest absolute Gasteiger partial charge is 0.285 e. The summed E-state index contributed by atoms with van der Waals surface area (Å²) in [5.74, 6) is -0.651. The molecular weight excluding hydrogens is 266 g/mol. The molecule has 0 spiro atoms. The van der Waals surface area contributed by atoms with Gasteiger partial charge in [0.15, 0.2) is 5.69 Å². The zero-order valence-electron chi connectivity index (χ0n) is 11.0. The van der Waals surface area contributed by atoms with Gasteiger partial charge in [-0.25, -0.2) is 13.1 Å². The topological polar surface area (TPSA) is 91.9 Å². The molecule has 0 unspecified atom stereocenters. The molecule has 1 fully saturated rings. The second-order valence-electron chi connectivity index (χ2n) is 4.87. The molecule has 0 bridgehead atoms. The van der Waals surface area contributed by atoms with E-state index < -0.39 is 21.2 Å². The molecule has 1 aromatic rings. The Hall–Kier alpha value is -1.37. The van der Waals surface area contributed by atoms with E-state index in [0.717, 1.165) is 31.4 Å². The molecule has 1 aromatic heterocycles. The summed E-state index contributed by atoms with van der Waals surface area (Å²) in [4.78, 5) is 11.9. The molecular formula is C12H19N3O3S. The van der Waals surface area contributed by atoms with Crippen LogP contribution >= 0.6 is 0 Å². The summed E-state index contributed by atoms with van der Waals surface area (Å²) in [5.41, 5.74) is 0.927. The highest BCUT2D eigenvalue weighted by Gasteiger charge is 2.29. The Bertz CT molecular complexity index is 544. The molecule has 0 saturated heterocycles. The fraction of sp³-hybridized carbons (Fsp3) is 0.667. The van der Waals surface area contributed by atoms with Crippen molar-refractivity contribution in [1.29, 1.82) is 0 Å². The zero-order valence-corrected chi connectivity index (χ0v) is 11.8. The van der Waals surface area contributed by atoms with Crippen molar-refractivity contribution in [2.24, 2.45) is 0 Å². The van der Waals surface area contributed by atoms with E-state index in [2.05, 4.69) is 14.9 Å². The van der Waals surface area contributed by atoms with Crippen molar-refractivity contribution in [3.63, 3.8) is 0 Å². The highest BCUT2D eigenvalue weighted by Crippen LogP contribution is 2.23. The minimum atomic E-state index is -3.58. The molecule has 1 aliphatic rings. The van der Waals surface area contributed by atoms with Gasteiger partial charge in [0.05, 0.1) is 5.25 Å². The molecule has 0 radical (unpaired) electrons. The Labute approximate surface area is 113 Å². The summed E-state index contributed by atoms with van der Waals surface area (Å²) < 4.78 is 26.3. The number of hydrogen-bond donors (Lipinski definition) is 2. The van der Waals surface area contributed by atoms with Crippen molar-refractivity contribution in [2.75, 3.05) is 0 Å². The smallest absolute Gasteiger partial charge is 0.282 e. The Morgan fingerprint density at radius 3 is 2.68 bits per heavy atom. The summed E-state index contributed by atoms with van der Waals surface area (Å²) in [5, 5.41) is 6.06. The molecule has 0 atom stereocenters. The molecule has 2 N–H and O–H groups in total. The SMILES string of the molecule is CCc1cc(C(=O)NS(=O)(=O)C2CCCCC2)n[nH]1. The van der Waals surface area contributed by atoms with Gasteiger partial charge in [0.25, 0.3) is 5.91 Å². The van der Waals surface area contributed by atoms with Crippen molar-refractivity contribution in [3.8, 4) is 0 Å². The molecule has 1 amide bonds. The lowest BCUT2D eigenvalue weighted by atomic mass is 10.0. The first-order chi connectivity index (χ1) is 9.03. The number of rotatable bonds is 4. The molecule has 106 valence electrons. The predicted molar refractivity (Wildman–Crippen MR) is 71.2 cm³/mol. The molecule has 1 aliphatic carbocycles. The Balaban J connectivity index is 2.04. The standard InChI is InChI=1S/C12H19N3O3S/c1-2-9-8-11(14-13-9)12(16)15-19(17,18)10-6-4-3-5-7-10/h8,10H,2-7H2,1H3,(H,13,14)(H,15,16). The van der Waals surface area contributed by atoms with Crippen molar-refractivity contribution in [3.05, 3.63) is 17.5 Å². The summed E-state index contributed by atoms with van der Waals surface area (Å²) >= 11 is 0. The van der Waals surface area contributed by atoms with E-state index in [0.29, 0.717) is 12.8 Å². The van der Waals surface area contributed by atoms with Gasteiger partial charge in [-0.15, -0.1) is 0 Å². The van der Waals surface area contributed by atoms with Gasteiger partial charge in [0.2, 0.25) is 10.0 Å². The highest BCUT2D eigenvalue weighted by atomic mass is 32.2. The number of carbonyl (C=O) groups excluding carboxylic acids is 1. The lowest BCUT2D eigenvalue weighted by molar-refractivity contribution is 0.0976. The van der Waals surface area contributed by atoms with Crippen LogP contribution in [0.15, 0.2) is 6.07 Å². The van der Waals surface area contributed by atoms with Crippen LogP contribution < -0.4 is 4.72 Å². The van der Waals surface area contributed by atoms with Gasteiger partial charge < -0.3 is 0 Å². The number of amides is 1. The molecule has 19 heavy (non-hydrogen) atoms. The maximum atomic E-state index is 12.1. The van der Waals surface area contributed by atoms with E-state index in [1.807, 2.05) is 6.92 Å². The minimum Gasteiger partial charge on any atom is -0.282 e. The normalized spacial score (nSPS) is 17.3. The molecule has 1 saturated carbocycles. The van der Waals surface area contributed by atoms with Gasteiger partial charge >= 0.3 is 0 Å². The molecule has 0 aromatic carbocycles. The van der Waals surface area contributed by atoms with Crippen LogP contribution in [0.1, 0.15) is 55.2 Å². The molecule has 1 heterocycles. The van der Waals surface area contributed by atoms with Gasteiger partial charge in [-0.05, 0) is 25.3 Å². The molecule has 0 aliphatic heterocycles. The van der Waals surface area contributed by atoms with Crippen LogP contribution in [0.3, 0.4) is 0 Å². The van der Waals surface area contributed by atoms with Crippen molar-refractivity contribution < 1.29 is 13.2 Å². The molecule has 2 rings (SSSR count). The third-order valence-electron chi connectivity index (χ3n) is 3.47. The fourth-order valence-corrected chi connectivity index (χ4v) is 3.78. The van der Waals surface area contributed by atoms with Crippen LogP contribution in [-0.2, 0) is 16.4 Å². The van der Waals surface area contributed by atoms with E-state index in [-0.39, 0.29) is 5.69 Å². The first kappa shape index (κ1) is 14.0. The van der Waals surface area contributed by atoms with E-state index in [4.69, 9.17) is 0 Å². The maximum Gasteiger partial charge on any atom is 0.285 e. The first-order valence-electron chi connectivity index (χ1n) is 6.63. The lowest BCUT2D eigenvalue weighted by Crippen LogP contribution is -2.39. The molecule has 7 heteroatoms. The number of carbonyl (C=O) groups is 1. The zero-order chi connectivity index (χ0) is 13.9. The van der Waals surface area contributed by atoms with Gasteiger partial charge in [-0.2, -0.15) is 5.10 Å². The van der Waals surface area contributed by atoms with Gasteiger partial charge in [-0.3, -0.25) is 9.89 Å². The number of H-pyrrole nitrogens is 1. The second kappa shape index (κ2) is 5.73. The van der Waals surface area contributed by atoms with Crippen molar-refractivity contribution in [1.82, 2.24) is 14.9 Å². The Morgan fingerprint density at radius 2 is 2.11 bits per heavy atom. The average Bonchev–Trinajstić information content (AvgIpc) is 2.88. The van der Waals surface area contributed by atoms with Crippen LogP contribution in [-0.4, -0.2) is 29.8 Å². The number of nitrogens with one attached hydrogen (secondary N) is 2. The van der Waals surface area contributed by atoms with E-state index in [1.165, 1.54) is 0 Å². The number of sulfonamides is 1. The van der Waals surface area contributed by atoms with Crippen molar-refractivity contribution >= 4 is 15.9 Å². The number of hydrogen-bond acceptors (Lipinski definition) is 4. The number of nitrogens with zero attached hydrogens (tertiary/aromatic N) is 1. The van der Waals surface area contributed by atoms with Crippen molar-refractivity contribution in [2.45, 2.75) is 50.7 Å². The highest BCUT2D eigenvalue weighted by molar-refractivity contribution is 7.90. The molecule has 6 nitrogen and oxygen atoms in total. The van der Waals surface area contributed by atoms with Crippen LogP contribution in [0.25, 0.3) is 0 Å². The minimum absolute atomic E-state index is 0.122. The number of aromatic amines is 1. The van der Waals surface area contributed by atoms with Gasteiger partial charge in [-0.1, -0.05) is 26.2 Å². The fourth-order valence-electron chi connectivity index (χ4n) is 2.30. The van der Waals surface area contributed by atoms with E-state index >= 15 is 0 Å². The average molecular weight is 285 g/mol. The third-order valence-corrected chi connectivity index (χ3v) is 5.29. The van der Waals surface area contributed by atoms with Crippen LogP contribution in [0.4, 0.5) is 0 Å². The Morgan fingerprint density at radius 1 is 1.42 bits per heavy atom. The number of aromatic nitrogens is 2. The predicted octanol–water partition coefficient (Wildman–Crippen LogP) is 1.36. The third kappa shape index (κ3) is 3.34. The Kier molecular flexibility index (Phi) is 4.24. The summed E-state index contributed by atoms with van der Waals surface area (Å²) in [6.07, 6.45) is 4.85. The summed E-state index contributed by atoms with van der Waals surface area (Å²) in [6.45, 7) is 1.92. The first-order valence-corrected chi connectivity index (χ1v) is 8.18. The quantitative estimate of drug-likeness (QED) is 0.873. The van der Waals surface area contributed by atoms with Crippen LogP contribution in [0, 0.1) is 0 Å². The van der Waals surface area contributed by atoms with Gasteiger partial charge in [0.1, 0.15) is 0 Å². The summed E-state index contributed by atoms with van der Waals surface area (Å²) in [6, 6.07) is 1.58. The van der Waals surface area contributed by atoms with Crippen LogP contribution in [0.2, 0.25) is 0 Å². The monoisotopic (exact) mass is 285 g/mol. The van der Waals surface area contributed by atoms with E-state index in [1.54, 1.807) is 6.07 Å². The summed E-state index contributed by atoms with van der Waals surface area (Å²) in [7, 11) is -3.58. The van der Waals surface area contributed by atoms with Gasteiger partial charge in [0, 0.05) is 5.69 Å². The van der Waals surface area contributed by atoms with E-state index in [9.17, 15) is 13.2 Å². The lowest BCUT2D eigenvalue weighted by Gasteiger charge is -2.21. The number of aryl methyl sites for hydroxylation is 1. The second-order valence-corrected chi connectivity index (χ2v) is 6.83. The maximum absolute atomic E-state index is 12.1. The van der Waals surface area contributed by atoms with Crippen LogP contribution in [0.5, 0.6) is 0 Å².